The molecule has 1 N–H and O–H groups in total. The van der Waals surface area contributed by atoms with E-state index in [1.165, 1.54) is 33.5 Å². The molecule has 0 saturated heterocycles. The average Bonchev–Trinajstić information content (AvgIpc) is 2.63. The minimum Gasteiger partial charge on any atom is -0.378 e. The monoisotopic (exact) mass is 331 g/mol. The lowest BCUT2D eigenvalue weighted by Crippen LogP contribution is -2.42. The highest BCUT2D eigenvalue weighted by Gasteiger charge is 2.39. The Labute approximate surface area is 122 Å². The predicted octanol–water partition coefficient (Wildman–Crippen LogP) is 4.43. The van der Waals surface area contributed by atoms with Crippen LogP contribution in [-0.2, 0) is 4.74 Å². The van der Waals surface area contributed by atoms with Crippen molar-refractivity contribution in [2.75, 3.05) is 13.7 Å². The van der Waals surface area contributed by atoms with Crippen LogP contribution < -0.4 is 5.32 Å². The Morgan fingerprint density at radius 1 is 1.56 bits per heavy atom. The van der Waals surface area contributed by atoms with Gasteiger partial charge in [-0.1, -0.05) is 6.92 Å². The molecule has 1 aliphatic carbocycles. The Kier molecular flexibility index (Phi) is 4.86. The van der Waals surface area contributed by atoms with Gasteiger partial charge in [-0.05, 0) is 61.1 Å². The number of methoxy groups -OCH3 is 1. The zero-order valence-corrected chi connectivity index (χ0v) is 13.8. The second-order valence-electron chi connectivity index (χ2n) is 5.11. The molecule has 0 radical (unpaired) electrons. The number of aryl methyl sites for hydroxylation is 1. The molecule has 1 unspecified atom stereocenters. The van der Waals surface area contributed by atoms with Crippen LogP contribution in [0.3, 0.4) is 0 Å². The predicted molar refractivity (Wildman–Crippen MR) is 81.4 cm³/mol. The first-order chi connectivity index (χ1) is 8.60. The molecule has 2 nitrogen and oxygen atoms in total. The Hall–Kier alpha value is 0.1000. The average molecular weight is 332 g/mol. The van der Waals surface area contributed by atoms with Crippen molar-refractivity contribution in [3.8, 4) is 0 Å². The van der Waals surface area contributed by atoms with Crippen LogP contribution in [0, 0.1) is 6.92 Å². The highest BCUT2D eigenvalue weighted by atomic mass is 79.9. The molecule has 1 heterocycles. The fourth-order valence-electron chi connectivity index (χ4n) is 2.61. The van der Waals surface area contributed by atoms with Crippen molar-refractivity contribution < 1.29 is 4.74 Å². The van der Waals surface area contributed by atoms with Gasteiger partial charge in [0.2, 0.25) is 0 Å². The zero-order valence-electron chi connectivity index (χ0n) is 11.4. The van der Waals surface area contributed by atoms with Gasteiger partial charge in [0.1, 0.15) is 0 Å². The first-order valence-corrected chi connectivity index (χ1v) is 8.25. The lowest BCUT2D eigenvalue weighted by atomic mass is 9.75. The molecule has 2 rings (SSSR count). The van der Waals surface area contributed by atoms with Crippen LogP contribution in [-0.4, -0.2) is 19.3 Å². The molecule has 0 aromatic carbocycles. The second kappa shape index (κ2) is 6.04. The molecule has 1 saturated carbocycles. The van der Waals surface area contributed by atoms with Gasteiger partial charge >= 0.3 is 0 Å². The van der Waals surface area contributed by atoms with Crippen LogP contribution in [0.5, 0.6) is 0 Å². The van der Waals surface area contributed by atoms with E-state index in [9.17, 15) is 0 Å². The highest BCUT2D eigenvalue weighted by Crippen LogP contribution is 2.43. The maximum atomic E-state index is 5.76. The van der Waals surface area contributed by atoms with Gasteiger partial charge in [-0.3, -0.25) is 0 Å². The largest absolute Gasteiger partial charge is 0.378 e. The van der Waals surface area contributed by atoms with Crippen molar-refractivity contribution in [3.63, 3.8) is 0 Å². The standard InChI is InChI=1S/C14H22BrNOS/c1-4-16-12(9-14(17-3)6-5-7-14)13-8-11(15)10(2)18-13/h8,12,16H,4-7,9H2,1-3H3. The van der Waals surface area contributed by atoms with Gasteiger partial charge in [0.25, 0.3) is 0 Å². The highest BCUT2D eigenvalue weighted by molar-refractivity contribution is 9.10. The molecule has 0 bridgehead atoms. The fourth-order valence-corrected chi connectivity index (χ4v) is 4.24. The summed E-state index contributed by atoms with van der Waals surface area (Å²) in [7, 11) is 1.86. The Bertz CT molecular complexity index is 375. The Morgan fingerprint density at radius 2 is 2.28 bits per heavy atom. The first kappa shape index (κ1) is 14.5. The van der Waals surface area contributed by atoms with Gasteiger partial charge in [-0.2, -0.15) is 0 Å². The summed E-state index contributed by atoms with van der Waals surface area (Å²) in [5, 5.41) is 3.61. The van der Waals surface area contributed by atoms with Crippen molar-refractivity contribution in [1.29, 1.82) is 0 Å². The van der Waals surface area contributed by atoms with Crippen molar-refractivity contribution in [2.24, 2.45) is 0 Å². The SMILES string of the molecule is CCNC(CC1(OC)CCC1)c1cc(Br)c(C)s1. The molecule has 1 aliphatic rings. The van der Waals surface area contributed by atoms with Crippen LogP contribution in [0.15, 0.2) is 10.5 Å². The molecule has 4 heteroatoms. The summed E-state index contributed by atoms with van der Waals surface area (Å²) in [4.78, 5) is 2.78. The fraction of sp³-hybridized carbons (Fsp3) is 0.714. The summed E-state index contributed by atoms with van der Waals surface area (Å²) >= 11 is 5.50. The second-order valence-corrected chi connectivity index (χ2v) is 7.25. The first-order valence-electron chi connectivity index (χ1n) is 6.64. The summed E-state index contributed by atoms with van der Waals surface area (Å²) in [6.45, 7) is 5.33. The molecular weight excluding hydrogens is 310 g/mol. The van der Waals surface area contributed by atoms with E-state index < -0.39 is 0 Å². The normalized spacial score (nSPS) is 19.6. The van der Waals surface area contributed by atoms with E-state index in [4.69, 9.17) is 4.74 Å². The maximum absolute atomic E-state index is 5.76. The molecule has 1 aromatic heterocycles. The molecule has 0 spiro atoms. The number of nitrogens with one attached hydrogen (secondary N) is 1. The van der Waals surface area contributed by atoms with Crippen LogP contribution in [0.25, 0.3) is 0 Å². The Balaban J connectivity index is 2.12. The minimum absolute atomic E-state index is 0.122. The van der Waals surface area contributed by atoms with E-state index in [0.717, 1.165) is 13.0 Å². The van der Waals surface area contributed by atoms with Crippen molar-refractivity contribution in [1.82, 2.24) is 5.32 Å². The quantitative estimate of drug-likeness (QED) is 0.832. The third-order valence-corrected chi connectivity index (χ3v) is 6.19. The number of thiophene rings is 1. The van der Waals surface area contributed by atoms with Gasteiger partial charge in [0.15, 0.2) is 0 Å². The van der Waals surface area contributed by atoms with Crippen LogP contribution in [0.4, 0.5) is 0 Å². The van der Waals surface area contributed by atoms with Crippen molar-refractivity contribution >= 4 is 27.3 Å². The van der Waals surface area contributed by atoms with Gasteiger partial charge in [0.05, 0.1) is 5.60 Å². The van der Waals surface area contributed by atoms with E-state index >= 15 is 0 Å². The third kappa shape index (κ3) is 2.98. The summed E-state index contributed by atoms with van der Waals surface area (Å²) in [6, 6.07) is 2.68. The lowest BCUT2D eigenvalue weighted by molar-refractivity contribution is -0.0835. The number of halogens is 1. The molecule has 1 atom stereocenters. The molecule has 18 heavy (non-hydrogen) atoms. The molecule has 0 amide bonds. The summed E-state index contributed by atoms with van der Waals surface area (Å²) in [6.07, 6.45) is 4.80. The van der Waals surface area contributed by atoms with Crippen LogP contribution >= 0.6 is 27.3 Å². The van der Waals surface area contributed by atoms with E-state index in [-0.39, 0.29) is 5.60 Å². The molecular formula is C14H22BrNOS. The Morgan fingerprint density at radius 3 is 2.67 bits per heavy atom. The molecule has 1 aromatic rings. The molecule has 102 valence electrons. The zero-order chi connectivity index (χ0) is 13.2. The smallest absolute Gasteiger partial charge is 0.0697 e. The van der Waals surface area contributed by atoms with Crippen LogP contribution in [0.2, 0.25) is 0 Å². The van der Waals surface area contributed by atoms with E-state index in [1.807, 2.05) is 18.4 Å². The van der Waals surface area contributed by atoms with E-state index in [1.54, 1.807) is 0 Å². The van der Waals surface area contributed by atoms with Gasteiger partial charge < -0.3 is 10.1 Å². The van der Waals surface area contributed by atoms with Gasteiger partial charge in [-0.15, -0.1) is 11.3 Å². The summed E-state index contributed by atoms with van der Waals surface area (Å²) in [5.74, 6) is 0. The maximum Gasteiger partial charge on any atom is 0.0697 e. The minimum atomic E-state index is 0.122. The number of hydrogen-bond acceptors (Lipinski definition) is 3. The topological polar surface area (TPSA) is 21.3 Å². The number of hydrogen-bond donors (Lipinski definition) is 1. The van der Waals surface area contributed by atoms with E-state index in [2.05, 4.69) is 41.2 Å². The van der Waals surface area contributed by atoms with E-state index in [0.29, 0.717) is 6.04 Å². The number of ether oxygens (including phenoxy) is 1. The van der Waals surface area contributed by atoms with Crippen molar-refractivity contribution in [2.45, 2.75) is 51.2 Å². The lowest BCUT2D eigenvalue weighted by Gasteiger charge is -2.42. The van der Waals surface area contributed by atoms with Gasteiger partial charge in [0, 0.05) is 27.4 Å². The summed E-state index contributed by atoms with van der Waals surface area (Å²) < 4.78 is 6.99. The van der Waals surface area contributed by atoms with Gasteiger partial charge in [-0.25, -0.2) is 0 Å². The molecule has 0 aliphatic heterocycles. The van der Waals surface area contributed by atoms with Crippen LogP contribution in [0.1, 0.15) is 48.4 Å². The van der Waals surface area contributed by atoms with Crippen molar-refractivity contribution in [3.05, 3.63) is 20.3 Å². The molecule has 1 fully saturated rings. The summed E-state index contributed by atoms with van der Waals surface area (Å²) in [5.41, 5.74) is 0.122. The number of rotatable bonds is 6. The third-order valence-electron chi connectivity index (χ3n) is 3.94.